The average Bonchev–Trinajstić information content (AvgIpc) is 2.73. The predicted molar refractivity (Wildman–Crippen MR) is 68.5 cm³/mol. The first-order valence-corrected chi connectivity index (χ1v) is 7.19. The SMILES string of the molecule is COCCNS(=O)(=O)Nc1ncc(C#CCO)s1. The molecule has 0 aromatic carbocycles. The van der Waals surface area contributed by atoms with Crippen molar-refractivity contribution >= 4 is 26.7 Å². The molecule has 0 atom stereocenters. The lowest BCUT2D eigenvalue weighted by Gasteiger charge is -2.05. The summed E-state index contributed by atoms with van der Waals surface area (Å²) in [5.74, 6) is 5.08. The third-order valence-corrected chi connectivity index (χ3v) is 3.62. The van der Waals surface area contributed by atoms with Gasteiger partial charge >= 0.3 is 10.2 Å². The Kier molecular flexibility index (Phi) is 6.03. The van der Waals surface area contributed by atoms with Crippen LogP contribution < -0.4 is 9.44 Å². The third kappa shape index (κ3) is 5.44. The van der Waals surface area contributed by atoms with Crippen LogP contribution in [0.3, 0.4) is 0 Å². The van der Waals surface area contributed by atoms with E-state index in [0.717, 1.165) is 11.3 Å². The van der Waals surface area contributed by atoms with Crippen LogP contribution in [0, 0.1) is 11.8 Å². The molecule has 3 N–H and O–H groups in total. The third-order valence-electron chi connectivity index (χ3n) is 1.62. The molecule has 1 aromatic heterocycles. The van der Waals surface area contributed by atoms with Gasteiger partial charge in [-0.15, -0.1) is 0 Å². The van der Waals surface area contributed by atoms with Gasteiger partial charge in [0.1, 0.15) is 6.61 Å². The van der Waals surface area contributed by atoms with Crippen LogP contribution in [-0.2, 0) is 14.9 Å². The van der Waals surface area contributed by atoms with Crippen LogP contribution in [0.25, 0.3) is 0 Å². The summed E-state index contributed by atoms with van der Waals surface area (Å²) < 4.78 is 32.3. The van der Waals surface area contributed by atoms with Gasteiger partial charge in [-0.1, -0.05) is 23.2 Å². The molecular formula is C9H13N3O4S2. The molecule has 0 bridgehead atoms. The van der Waals surface area contributed by atoms with E-state index in [1.54, 1.807) is 0 Å². The Balaban J connectivity index is 2.58. The fourth-order valence-electron chi connectivity index (χ4n) is 0.935. The van der Waals surface area contributed by atoms with Crippen LogP contribution in [0.15, 0.2) is 6.20 Å². The highest BCUT2D eigenvalue weighted by Crippen LogP contribution is 2.17. The Morgan fingerprint density at radius 1 is 1.61 bits per heavy atom. The van der Waals surface area contributed by atoms with Crippen molar-refractivity contribution < 1.29 is 18.3 Å². The van der Waals surface area contributed by atoms with E-state index in [0.29, 0.717) is 4.88 Å². The van der Waals surface area contributed by atoms with Crippen molar-refractivity contribution in [1.82, 2.24) is 9.71 Å². The van der Waals surface area contributed by atoms with Crippen LogP contribution in [0.5, 0.6) is 0 Å². The average molecular weight is 291 g/mol. The number of thiazole rings is 1. The number of hydrogen-bond donors (Lipinski definition) is 3. The highest BCUT2D eigenvalue weighted by molar-refractivity contribution is 7.91. The molecule has 0 aliphatic heterocycles. The second-order valence-corrected chi connectivity index (χ2v) is 5.51. The molecule has 7 nitrogen and oxygen atoms in total. The molecule has 0 saturated carbocycles. The Hall–Kier alpha value is -1.18. The highest BCUT2D eigenvalue weighted by atomic mass is 32.2. The first-order chi connectivity index (χ1) is 8.57. The number of aliphatic hydroxyl groups is 1. The Bertz CT molecular complexity index is 529. The molecule has 0 aliphatic rings. The summed E-state index contributed by atoms with van der Waals surface area (Å²) in [7, 11) is -2.16. The van der Waals surface area contributed by atoms with Gasteiger partial charge in [-0.25, -0.2) is 9.71 Å². The molecule has 0 spiro atoms. The maximum absolute atomic E-state index is 11.5. The number of methoxy groups -OCH3 is 1. The molecule has 0 radical (unpaired) electrons. The summed E-state index contributed by atoms with van der Waals surface area (Å²) in [6.45, 7) is 0.206. The first kappa shape index (κ1) is 14.9. The predicted octanol–water partition coefficient (Wildman–Crippen LogP) is -0.620. The molecule has 0 fully saturated rings. The summed E-state index contributed by atoms with van der Waals surface area (Å²) in [6.07, 6.45) is 1.43. The second-order valence-electron chi connectivity index (χ2n) is 2.98. The zero-order valence-corrected chi connectivity index (χ0v) is 11.3. The normalized spacial score (nSPS) is 10.8. The molecule has 1 heterocycles. The molecule has 0 saturated heterocycles. The van der Waals surface area contributed by atoms with E-state index in [9.17, 15) is 8.42 Å². The van der Waals surface area contributed by atoms with Crippen molar-refractivity contribution in [3.8, 4) is 11.8 Å². The van der Waals surface area contributed by atoms with Gasteiger partial charge in [-0.2, -0.15) is 13.1 Å². The molecule has 1 aromatic rings. The summed E-state index contributed by atoms with van der Waals surface area (Å²) in [5.41, 5.74) is 0. The first-order valence-electron chi connectivity index (χ1n) is 4.89. The molecule has 0 unspecified atom stereocenters. The maximum atomic E-state index is 11.5. The number of aliphatic hydroxyl groups excluding tert-OH is 1. The minimum atomic E-state index is -3.64. The molecule has 100 valence electrons. The van der Waals surface area contributed by atoms with E-state index in [2.05, 4.69) is 26.3 Å². The molecule has 0 aliphatic carbocycles. The fraction of sp³-hybridized carbons (Fsp3) is 0.444. The van der Waals surface area contributed by atoms with Gasteiger partial charge in [0.25, 0.3) is 0 Å². The van der Waals surface area contributed by atoms with Gasteiger partial charge in [0.15, 0.2) is 5.13 Å². The summed E-state index contributed by atoms with van der Waals surface area (Å²) in [5, 5.41) is 8.73. The number of ether oxygens (including phenoxy) is 1. The lowest BCUT2D eigenvalue weighted by molar-refractivity contribution is 0.204. The number of anilines is 1. The maximum Gasteiger partial charge on any atom is 0.300 e. The standard InChI is InChI=1S/C9H13N3O4S2/c1-16-6-4-11-18(14,15)12-9-10-7-8(17-9)3-2-5-13/h7,11,13H,4-6H2,1H3,(H,10,12). The second kappa shape index (κ2) is 7.30. The van der Waals surface area contributed by atoms with Crippen molar-refractivity contribution in [2.24, 2.45) is 0 Å². The van der Waals surface area contributed by atoms with Gasteiger partial charge in [0.05, 0.1) is 17.7 Å². The lowest BCUT2D eigenvalue weighted by atomic mass is 10.5. The van der Waals surface area contributed by atoms with Gasteiger partial charge < -0.3 is 9.84 Å². The minimum absolute atomic E-state index is 0.175. The number of aromatic nitrogens is 1. The van der Waals surface area contributed by atoms with Crippen LogP contribution in [0.4, 0.5) is 5.13 Å². The van der Waals surface area contributed by atoms with Crippen molar-refractivity contribution in [3.63, 3.8) is 0 Å². The minimum Gasteiger partial charge on any atom is -0.384 e. The van der Waals surface area contributed by atoms with E-state index < -0.39 is 10.2 Å². The van der Waals surface area contributed by atoms with Gasteiger partial charge in [-0.05, 0) is 0 Å². The lowest BCUT2D eigenvalue weighted by Crippen LogP contribution is -2.32. The number of nitrogens with zero attached hydrogens (tertiary/aromatic N) is 1. The molecular weight excluding hydrogens is 278 g/mol. The van der Waals surface area contributed by atoms with Crippen molar-refractivity contribution in [3.05, 3.63) is 11.1 Å². The van der Waals surface area contributed by atoms with Gasteiger partial charge in [0, 0.05) is 13.7 Å². The highest BCUT2D eigenvalue weighted by Gasteiger charge is 2.11. The summed E-state index contributed by atoms with van der Waals surface area (Å²) in [6, 6.07) is 0. The van der Waals surface area contributed by atoms with E-state index in [1.165, 1.54) is 13.3 Å². The molecule has 18 heavy (non-hydrogen) atoms. The van der Waals surface area contributed by atoms with E-state index in [-0.39, 0.29) is 24.9 Å². The van der Waals surface area contributed by atoms with Gasteiger partial charge in [0.2, 0.25) is 0 Å². The van der Waals surface area contributed by atoms with E-state index in [1.807, 2.05) is 0 Å². The fourth-order valence-corrected chi connectivity index (χ4v) is 2.68. The van der Waals surface area contributed by atoms with Crippen molar-refractivity contribution in [2.45, 2.75) is 0 Å². The van der Waals surface area contributed by atoms with Crippen LogP contribution >= 0.6 is 11.3 Å². The molecule has 1 rings (SSSR count). The quantitative estimate of drug-likeness (QED) is 0.479. The molecule has 9 heteroatoms. The van der Waals surface area contributed by atoms with Crippen LogP contribution in [0.2, 0.25) is 0 Å². The van der Waals surface area contributed by atoms with Crippen molar-refractivity contribution in [2.75, 3.05) is 31.6 Å². The van der Waals surface area contributed by atoms with E-state index in [4.69, 9.17) is 9.84 Å². The van der Waals surface area contributed by atoms with Crippen molar-refractivity contribution in [1.29, 1.82) is 0 Å². The number of rotatable bonds is 6. The Labute approximate surface area is 109 Å². The largest absolute Gasteiger partial charge is 0.384 e. The summed E-state index contributed by atoms with van der Waals surface area (Å²) in [4.78, 5) is 4.42. The smallest absolute Gasteiger partial charge is 0.300 e. The number of hydrogen-bond acceptors (Lipinski definition) is 6. The Morgan fingerprint density at radius 2 is 2.39 bits per heavy atom. The van der Waals surface area contributed by atoms with E-state index >= 15 is 0 Å². The monoisotopic (exact) mass is 291 g/mol. The molecule has 0 amide bonds. The topological polar surface area (TPSA) is 101 Å². The number of nitrogens with one attached hydrogen (secondary N) is 2. The van der Waals surface area contributed by atoms with Gasteiger partial charge in [-0.3, -0.25) is 0 Å². The Morgan fingerprint density at radius 3 is 3.06 bits per heavy atom. The summed E-state index contributed by atoms with van der Waals surface area (Å²) >= 11 is 1.08. The van der Waals surface area contributed by atoms with Crippen LogP contribution in [0.1, 0.15) is 4.88 Å². The van der Waals surface area contributed by atoms with Crippen LogP contribution in [-0.4, -0.2) is 45.4 Å². The zero-order chi connectivity index (χ0) is 13.4. The zero-order valence-electron chi connectivity index (χ0n) is 9.63.